The van der Waals surface area contributed by atoms with Crippen molar-refractivity contribution in [2.45, 2.75) is 0 Å². The molecule has 31 heavy (non-hydrogen) atoms. The molecule has 1 amide bonds. The van der Waals surface area contributed by atoms with Gasteiger partial charge in [-0.2, -0.15) is 0 Å². The molecule has 3 rings (SSSR count). The van der Waals surface area contributed by atoms with E-state index in [0.29, 0.717) is 21.9 Å². The average molecular weight is 439 g/mol. The molecule has 0 aliphatic heterocycles. The first kappa shape index (κ1) is 21.8. The van der Waals surface area contributed by atoms with E-state index in [1.807, 2.05) is 5.38 Å². The van der Waals surface area contributed by atoms with Gasteiger partial charge in [0.05, 0.1) is 19.0 Å². The van der Waals surface area contributed by atoms with Crippen LogP contribution in [0.3, 0.4) is 0 Å². The Morgan fingerprint density at radius 1 is 1.23 bits per heavy atom. The Morgan fingerprint density at radius 3 is 2.55 bits per heavy atom. The van der Waals surface area contributed by atoms with Gasteiger partial charge in [0.25, 0.3) is 11.8 Å². The van der Waals surface area contributed by atoms with Gasteiger partial charge < -0.3 is 25.9 Å². The van der Waals surface area contributed by atoms with E-state index in [9.17, 15) is 4.79 Å². The van der Waals surface area contributed by atoms with Crippen LogP contribution in [0.15, 0.2) is 53.6 Å². The molecular formula is C21H22N6O3S. The van der Waals surface area contributed by atoms with Crippen molar-refractivity contribution in [2.75, 3.05) is 26.9 Å². The van der Waals surface area contributed by atoms with Crippen molar-refractivity contribution < 1.29 is 14.3 Å². The zero-order valence-corrected chi connectivity index (χ0v) is 18.1. The fraction of sp³-hybridized carbons (Fsp3) is 0.143. The Labute approximate surface area is 183 Å². The molecule has 4 N–H and O–H groups in total. The maximum atomic E-state index is 12.1. The van der Waals surface area contributed by atoms with Crippen molar-refractivity contribution in [1.82, 2.24) is 14.9 Å². The molecule has 0 atom stereocenters. The number of aromatic nitrogens is 2. The number of anilines is 1. The predicted octanol–water partition coefficient (Wildman–Crippen LogP) is 2.81. The number of nitrogens with two attached hydrogens (primary N) is 2. The third-order valence-electron chi connectivity index (χ3n) is 4.28. The molecule has 10 heteroatoms. The van der Waals surface area contributed by atoms with Crippen LogP contribution in [0.5, 0.6) is 5.75 Å². The SMILES string of the molecule is C=C(O/C(=N\N)c1nc(-c2ccc(C(=O)N(C)C)cc2)cnc1N)c1sccc1OC. The van der Waals surface area contributed by atoms with E-state index in [-0.39, 0.29) is 29.1 Å². The summed E-state index contributed by atoms with van der Waals surface area (Å²) in [4.78, 5) is 23.0. The molecule has 0 aliphatic rings. The third-order valence-corrected chi connectivity index (χ3v) is 5.21. The van der Waals surface area contributed by atoms with Crippen molar-refractivity contribution in [1.29, 1.82) is 0 Å². The first-order chi connectivity index (χ1) is 14.8. The Morgan fingerprint density at radius 2 is 1.94 bits per heavy atom. The molecule has 2 heterocycles. The monoisotopic (exact) mass is 438 g/mol. The zero-order chi connectivity index (χ0) is 22.5. The predicted molar refractivity (Wildman–Crippen MR) is 122 cm³/mol. The van der Waals surface area contributed by atoms with E-state index in [2.05, 4.69) is 21.6 Å². The number of amides is 1. The van der Waals surface area contributed by atoms with Gasteiger partial charge in [0, 0.05) is 25.2 Å². The van der Waals surface area contributed by atoms with E-state index in [0.717, 1.165) is 5.56 Å². The minimum atomic E-state index is -0.0934. The number of carbonyl (C=O) groups is 1. The van der Waals surface area contributed by atoms with Crippen molar-refractivity contribution >= 4 is 34.7 Å². The summed E-state index contributed by atoms with van der Waals surface area (Å²) in [6.45, 7) is 3.92. The van der Waals surface area contributed by atoms with Gasteiger partial charge >= 0.3 is 0 Å². The molecule has 3 aromatic rings. The average Bonchev–Trinajstić information content (AvgIpc) is 3.26. The number of nitrogens with zero attached hydrogens (tertiary/aromatic N) is 4. The molecule has 2 aromatic heterocycles. The van der Waals surface area contributed by atoms with Gasteiger partial charge in [-0.05, 0) is 23.6 Å². The lowest BCUT2D eigenvalue weighted by Gasteiger charge is -2.13. The van der Waals surface area contributed by atoms with E-state index in [1.165, 1.54) is 22.4 Å². The third kappa shape index (κ3) is 4.64. The van der Waals surface area contributed by atoms with Crippen LogP contribution in [-0.2, 0) is 4.74 Å². The maximum Gasteiger partial charge on any atom is 0.265 e. The minimum absolute atomic E-state index is 0.0355. The highest BCUT2D eigenvalue weighted by Crippen LogP contribution is 2.32. The summed E-state index contributed by atoms with van der Waals surface area (Å²) in [6.07, 6.45) is 1.52. The van der Waals surface area contributed by atoms with Gasteiger partial charge in [0.2, 0.25) is 0 Å². The number of methoxy groups -OCH3 is 1. The summed E-state index contributed by atoms with van der Waals surface area (Å²) in [5.74, 6) is 6.41. The Kier molecular flexibility index (Phi) is 6.51. The first-order valence-electron chi connectivity index (χ1n) is 9.07. The van der Waals surface area contributed by atoms with Gasteiger partial charge in [0.1, 0.15) is 16.4 Å². The highest BCUT2D eigenvalue weighted by molar-refractivity contribution is 7.11. The number of thiophene rings is 1. The van der Waals surface area contributed by atoms with Crippen molar-refractivity contribution in [3.63, 3.8) is 0 Å². The second kappa shape index (κ2) is 9.26. The summed E-state index contributed by atoms with van der Waals surface area (Å²) in [5, 5.41) is 5.53. The van der Waals surface area contributed by atoms with Crippen LogP contribution in [0.1, 0.15) is 20.9 Å². The zero-order valence-electron chi connectivity index (χ0n) is 17.3. The number of hydrogen-bond donors (Lipinski definition) is 2. The summed E-state index contributed by atoms with van der Waals surface area (Å²) in [5.41, 5.74) is 7.98. The first-order valence-corrected chi connectivity index (χ1v) is 9.95. The Bertz CT molecular complexity index is 1140. The Hall–Kier alpha value is -3.92. The van der Waals surface area contributed by atoms with Gasteiger partial charge in [-0.25, -0.2) is 9.97 Å². The fourth-order valence-electron chi connectivity index (χ4n) is 2.70. The number of rotatable bonds is 6. The van der Waals surface area contributed by atoms with Crippen LogP contribution < -0.4 is 16.3 Å². The number of ether oxygens (including phenoxy) is 2. The normalized spacial score (nSPS) is 11.1. The van der Waals surface area contributed by atoms with Gasteiger partial charge in [-0.15, -0.1) is 16.4 Å². The van der Waals surface area contributed by atoms with Crippen LogP contribution in [-0.4, -0.2) is 47.9 Å². The second-order valence-corrected chi connectivity index (χ2v) is 7.46. The van der Waals surface area contributed by atoms with Crippen molar-refractivity contribution in [3.8, 4) is 17.0 Å². The van der Waals surface area contributed by atoms with Gasteiger partial charge in [0.15, 0.2) is 11.5 Å². The number of hydrazone groups is 1. The van der Waals surface area contributed by atoms with Gasteiger partial charge in [-0.3, -0.25) is 4.79 Å². The number of carbonyl (C=O) groups excluding carboxylic acids is 1. The van der Waals surface area contributed by atoms with Crippen LogP contribution in [0, 0.1) is 0 Å². The maximum absolute atomic E-state index is 12.1. The molecule has 0 bridgehead atoms. The molecule has 0 spiro atoms. The summed E-state index contributed by atoms with van der Waals surface area (Å²) < 4.78 is 11.0. The largest absolute Gasteiger partial charge is 0.495 e. The fourth-order valence-corrected chi connectivity index (χ4v) is 3.47. The van der Waals surface area contributed by atoms with Crippen LogP contribution in [0.2, 0.25) is 0 Å². The van der Waals surface area contributed by atoms with Crippen LogP contribution in [0.4, 0.5) is 5.82 Å². The van der Waals surface area contributed by atoms with E-state index in [4.69, 9.17) is 21.1 Å². The van der Waals surface area contributed by atoms with Gasteiger partial charge in [-0.1, -0.05) is 18.7 Å². The molecule has 0 saturated heterocycles. The summed E-state index contributed by atoms with van der Waals surface area (Å²) >= 11 is 1.40. The lowest BCUT2D eigenvalue weighted by Crippen LogP contribution is -2.21. The molecule has 0 unspecified atom stereocenters. The molecule has 0 saturated carbocycles. The topological polar surface area (TPSA) is 129 Å². The van der Waals surface area contributed by atoms with Crippen molar-refractivity contribution in [3.05, 3.63) is 64.6 Å². The molecular weight excluding hydrogens is 416 g/mol. The summed E-state index contributed by atoms with van der Waals surface area (Å²) in [7, 11) is 4.95. The smallest absolute Gasteiger partial charge is 0.265 e. The highest BCUT2D eigenvalue weighted by atomic mass is 32.1. The molecule has 9 nitrogen and oxygen atoms in total. The van der Waals surface area contributed by atoms with E-state index in [1.54, 1.807) is 51.5 Å². The van der Waals surface area contributed by atoms with E-state index >= 15 is 0 Å². The summed E-state index contributed by atoms with van der Waals surface area (Å²) in [6, 6.07) is 8.78. The van der Waals surface area contributed by atoms with Crippen LogP contribution in [0.25, 0.3) is 17.0 Å². The Balaban J connectivity index is 1.89. The molecule has 0 aliphatic carbocycles. The van der Waals surface area contributed by atoms with Crippen LogP contribution >= 0.6 is 11.3 Å². The molecule has 1 aromatic carbocycles. The number of hydrogen-bond acceptors (Lipinski definition) is 9. The molecule has 0 fully saturated rings. The number of benzene rings is 1. The molecule has 0 radical (unpaired) electrons. The van der Waals surface area contributed by atoms with Crippen molar-refractivity contribution in [2.24, 2.45) is 10.9 Å². The van der Waals surface area contributed by atoms with E-state index < -0.39 is 0 Å². The lowest BCUT2D eigenvalue weighted by atomic mass is 10.1. The number of nitrogen functional groups attached to an aromatic ring is 1. The highest BCUT2D eigenvalue weighted by Gasteiger charge is 2.19. The quantitative estimate of drug-likeness (QED) is 0.199. The minimum Gasteiger partial charge on any atom is -0.495 e. The lowest BCUT2D eigenvalue weighted by molar-refractivity contribution is 0.0827. The second-order valence-electron chi connectivity index (χ2n) is 6.54. The molecule has 160 valence electrons. The standard InChI is InChI=1S/C21H22N6O3S/c1-12(18-16(29-4)9-10-31-18)30-20(26-23)17-19(22)24-11-15(25-17)13-5-7-14(8-6-13)21(28)27(2)3/h5-11H,1,23H2,2-4H3,(H2,22,24)/b26-20-.